The van der Waals surface area contributed by atoms with Crippen molar-refractivity contribution in [1.82, 2.24) is 4.98 Å². The van der Waals surface area contributed by atoms with Gasteiger partial charge in [0.1, 0.15) is 0 Å². The van der Waals surface area contributed by atoms with Gasteiger partial charge in [-0.25, -0.2) is 4.98 Å². The van der Waals surface area contributed by atoms with Crippen LogP contribution in [0, 0.1) is 5.41 Å². The average molecular weight is 362 g/mol. The summed E-state index contributed by atoms with van der Waals surface area (Å²) in [7, 11) is 0. The van der Waals surface area contributed by atoms with Crippen LogP contribution in [0.25, 0.3) is 10.2 Å². The Bertz CT molecular complexity index is 727. The fourth-order valence-corrected chi connectivity index (χ4v) is 4.15. The van der Waals surface area contributed by atoms with Crippen molar-refractivity contribution in [3.63, 3.8) is 0 Å². The molecule has 1 amide bonds. The minimum atomic E-state index is -0.498. The van der Waals surface area contributed by atoms with Gasteiger partial charge in [-0.1, -0.05) is 25.2 Å². The molecule has 0 spiro atoms. The second-order valence-corrected chi connectivity index (χ2v) is 7.43. The number of fused-ring (bicyclic) bond motifs is 1. The molecular formula is C18H26N4O2S. The Kier molecular flexibility index (Phi) is 5.56. The minimum Gasteiger partial charge on any atom is -0.378 e. The smallest absolute Gasteiger partial charge is 0.231 e. The molecule has 0 unspecified atom stereocenters. The molecule has 0 bridgehead atoms. The van der Waals surface area contributed by atoms with Crippen LogP contribution in [-0.4, -0.2) is 43.7 Å². The first kappa shape index (κ1) is 18.1. The molecule has 1 fully saturated rings. The third-order valence-electron chi connectivity index (χ3n) is 5.14. The van der Waals surface area contributed by atoms with E-state index in [0.29, 0.717) is 6.54 Å². The molecule has 6 nitrogen and oxygen atoms in total. The van der Waals surface area contributed by atoms with E-state index in [-0.39, 0.29) is 5.91 Å². The molecule has 1 aromatic heterocycles. The molecule has 2 aromatic rings. The van der Waals surface area contributed by atoms with E-state index in [1.54, 1.807) is 11.3 Å². The summed E-state index contributed by atoms with van der Waals surface area (Å²) >= 11 is 1.65. The van der Waals surface area contributed by atoms with Gasteiger partial charge in [0.2, 0.25) is 5.91 Å². The number of morpholine rings is 1. The number of aromatic nitrogens is 1. The Labute approximate surface area is 152 Å². The standard InChI is InChI=1S/C18H26N4O2S/c1-3-18(4-2,12-19)16(23)20-13-5-6-14-15(11-13)25-17(21-14)22-7-9-24-10-8-22/h5-6,11H,3-4,7-10,12,19H2,1-2H3,(H,20,23). The fourth-order valence-electron chi connectivity index (χ4n) is 3.10. The van der Waals surface area contributed by atoms with Crippen LogP contribution in [0.2, 0.25) is 0 Å². The first-order chi connectivity index (χ1) is 12.1. The zero-order chi connectivity index (χ0) is 17.9. The summed E-state index contributed by atoms with van der Waals surface area (Å²) < 4.78 is 6.47. The van der Waals surface area contributed by atoms with Gasteiger partial charge in [-0.2, -0.15) is 0 Å². The predicted molar refractivity (Wildman–Crippen MR) is 103 cm³/mol. The maximum Gasteiger partial charge on any atom is 0.231 e. The summed E-state index contributed by atoms with van der Waals surface area (Å²) in [6, 6.07) is 5.88. The lowest BCUT2D eigenvalue weighted by molar-refractivity contribution is -0.125. The summed E-state index contributed by atoms with van der Waals surface area (Å²) in [6.07, 6.45) is 1.46. The highest BCUT2D eigenvalue weighted by molar-refractivity contribution is 7.22. The Balaban J connectivity index is 1.80. The number of ether oxygens (including phenoxy) is 1. The summed E-state index contributed by atoms with van der Waals surface area (Å²) in [6.45, 7) is 7.60. The molecule has 0 saturated carbocycles. The maximum absolute atomic E-state index is 12.7. The molecule has 3 N–H and O–H groups in total. The van der Waals surface area contributed by atoms with Crippen molar-refractivity contribution < 1.29 is 9.53 Å². The van der Waals surface area contributed by atoms with E-state index in [1.807, 2.05) is 32.0 Å². The molecule has 136 valence electrons. The van der Waals surface area contributed by atoms with E-state index >= 15 is 0 Å². The van der Waals surface area contributed by atoms with E-state index in [2.05, 4.69) is 10.2 Å². The monoisotopic (exact) mass is 362 g/mol. The first-order valence-electron chi connectivity index (χ1n) is 8.86. The van der Waals surface area contributed by atoms with Crippen molar-refractivity contribution in [3.8, 4) is 0 Å². The molecule has 1 aliphatic rings. The molecule has 3 rings (SSSR count). The minimum absolute atomic E-state index is 0.00253. The van der Waals surface area contributed by atoms with Gasteiger partial charge in [0, 0.05) is 25.3 Å². The quantitative estimate of drug-likeness (QED) is 0.826. The highest BCUT2D eigenvalue weighted by Gasteiger charge is 2.33. The van der Waals surface area contributed by atoms with Crippen molar-refractivity contribution >= 4 is 38.3 Å². The van der Waals surface area contributed by atoms with Gasteiger partial charge in [-0.05, 0) is 31.0 Å². The second kappa shape index (κ2) is 7.68. The molecule has 25 heavy (non-hydrogen) atoms. The van der Waals surface area contributed by atoms with Gasteiger partial charge < -0.3 is 20.7 Å². The van der Waals surface area contributed by atoms with Gasteiger partial charge >= 0.3 is 0 Å². The number of anilines is 2. The number of amides is 1. The zero-order valence-electron chi connectivity index (χ0n) is 14.9. The highest BCUT2D eigenvalue weighted by Crippen LogP contribution is 2.32. The Hall–Kier alpha value is -1.70. The molecule has 1 aromatic carbocycles. The molecule has 1 aliphatic heterocycles. The van der Waals surface area contributed by atoms with Crippen LogP contribution in [-0.2, 0) is 9.53 Å². The number of hydrogen-bond donors (Lipinski definition) is 2. The van der Waals surface area contributed by atoms with Crippen molar-refractivity contribution in [1.29, 1.82) is 0 Å². The number of nitrogens with one attached hydrogen (secondary N) is 1. The Morgan fingerprint density at radius 2 is 2.08 bits per heavy atom. The Morgan fingerprint density at radius 1 is 1.36 bits per heavy atom. The molecule has 1 saturated heterocycles. The van der Waals surface area contributed by atoms with Crippen LogP contribution in [0.1, 0.15) is 26.7 Å². The van der Waals surface area contributed by atoms with Gasteiger partial charge in [0.05, 0.1) is 28.8 Å². The lowest BCUT2D eigenvalue weighted by Crippen LogP contribution is -2.41. The largest absolute Gasteiger partial charge is 0.378 e. The number of hydrogen-bond acceptors (Lipinski definition) is 6. The SMILES string of the molecule is CCC(CC)(CN)C(=O)Nc1ccc2nc(N3CCOCC3)sc2c1. The zero-order valence-corrected chi connectivity index (χ0v) is 15.7. The van der Waals surface area contributed by atoms with E-state index in [9.17, 15) is 4.79 Å². The van der Waals surface area contributed by atoms with Crippen LogP contribution >= 0.6 is 11.3 Å². The summed E-state index contributed by atoms with van der Waals surface area (Å²) in [5, 5.41) is 4.06. The number of benzene rings is 1. The van der Waals surface area contributed by atoms with E-state index in [4.69, 9.17) is 15.5 Å². The van der Waals surface area contributed by atoms with E-state index in [0.717, 1.165) is 60.2 Å². The van der Waals surface area contributed by atoms with Crippen molar-refractivity contribution in [3.05, 3.63) is 18.2 Å². The van der Waals surface area contributed by atoms with Crippen molar-refractivity contribution in [2.24, 2.45) is 11.1 Å². The lowest BCUT2D eigenvalue weighted by Gasteiger charge is -2.28. The number of nitrogens with zero attached hydrogens (tertiary/aromatic N) is 2. The van der Waals surface area contributed by atoms with Crippen LogP contribution in [0.5, 0.6) is 0 Å². The number of rotatable bonds is 6. The van der Waals surface area contributed by atoms with Gasteiger partial charge in [-0.15, -0.1) is 0 Å². The second-order valence-electron chi connectivity index (χ2n) is 6.42. The number of carbonyl (C=O) groups is 1. The third-order valence-corrected chi connectivity index (χ3v) is 6.22. The summed E-state index contributed by atoms with van der Waals surface area (Å²) in [5.74, 6) is -0.00253. The Morgan fingerprint density at radius 3 is 2.72 bits per heavy atom. The van der Waals surface area contributed by atoms with E-state index in [1.165, 1.54) is 0 Å². The van der Waals surface area contributed by atoms with E-state index < -0.39 is 5.41 Å². The van der Waals surface area contributed by atoms with Gasteiger partial charge in [0.15, 0.2) is 5.13 Å². The molecule has 2 heterocycles. The van der Waals surface area contributed by atoms with Crippen LogP contribution in [0.15, 0.2) is 18.2 Å². The van der Waals surface area contributed by atoms with Crippen LogP contribution in [0.4, 0.5) is 10.8 Å². The molecule has 7 heteroatoms. The van der Waals surface area contributed by atoms with Crippen LogP contribution < -0.4 is 16.0 Å². The predicted octanol–water partition coefficient (Wildman–Crippen LogP) is 2.84. The summed E-state index contributed by atoms with van der Waals surface area (Å²) in [5.41, 5.74) is 7.14. The maximum atomic E-state index is 12.7. The van der Waals surface area contributed by atoms with Gasteiger partial charge in [0.25, 0.3) is 0 Å². The third kappa shape index (κ3) is 3.63. The lowest BCUT2D eigenvalue weighted by atomic mass is 9.81. The number of nitrogens with two attached hydrogens (primary N) is 1. The fraction of sp³-hybridized carbons (Fsp3) is 0.556. The summed E-state index contributed by atoms with van der Waals surface area (Å²) in [4.78, 5) is 19.7. The molecule has 0 atom stereocenters. The van der Waals surface area contributed by atoms with Crippen molar-refractivity contribution in [2.45, 2.75) is 26.7 Å². The first-order valence-corrected chi connectivity index (χ1v) is 9.68. The molecule has 0 radical (unpaired) electrons. The number of thiazole rings is 1. The highest BCUT2D eigenvalue weighted by atomic mass is 32.1. The van der Waals surface area contributed by atoms with Crippen LogP contribution in [0.3, 0.4) is 0 Å². The van der Waals surface area contributed by atoms with Gasteiger partial charge in [-0.3, -0.25) is 4.79 Å². The normalized spacial score (nSPS) is 15.6. The van der Waals surface area contributed by atoms with Crippen molar-refractivity contribution in [2.75, 3.05) is 43.1 Å². The average Bonchev–Trinajstić information content (AvgIpc) is 3.08. The molecular weight excluding hydrogens is 336 g/mol. The molecule has 0 aliphatic carbocycles. The topological polar surface area (TPSA) is 80.5 Å². The number of carbonyl (C=O) groups excluding carboxylic acids is 1.